The van der Waals surface area contributed by atoms with E-state index in [1.165, 1.54) is 12.0 Å². The second kappa shape index (κ2) is 4.54. The molecule has 0 amide bonds. The molecule has 2 unspecified atom stereocenters. The van der Waals surface area contributed by atoms with Crippen molar-refractivity contribution in [3.63, 3.8) is 0 Å². The van der Waals surface area contributed by atoms with E-state index >= 15 is 0 Å². The van der Waals surface area contributed by atoms with Crippen molar-refractivity contribution < 1.29 is 4.39 Å². The number of hydrogen-bond donors (Lipinski definition) is 1. The number of alkyl halides is 1. The van der Waals surface area contributed by atoms with Crippen molar-refractivity contribution in [3.8, 4) is 0 Å². The van der Waals surface area contributed by atoms with Gasteiger partial charge in [0.15, 0.2) is 0 Å². The lowest BCUT2D eigenvalue weighted by Gasteiger charge is -2.28. The Kier molecular flexibility index (Phi) is 3.29. The van der Waals surface area contributed by atoms with E-state index in [-0.39, 0.29) is 5.54 Å². The van der Waals surface area contributed by atoms with Gasteiger partial charge in [-0.25, -0.2) is 4.39 Å². The van der Waals surface area contributed by atoms with Gasteiger partial charge in [-0.3, -0.25) is 0 Å². The fourth-order valence-electron chi connectivity index (χ4n) is 2.66. The van der Waals surface area contributed by atoms with E-state index in [2.05, 4.69) is 24.4 Å². The zero-order chi connectivity index (χ0) is 11.6. The second-order valence-electron chi connectivity index (χ2n) is 5.00. The lowest BCUT2D eigenvalue weighted by molar-refractivity contribution is 0.354. The van der Waals surface area contributed by atoms with E-state index in [1.54, 1.807) is 6.92 Å². The van der Waals surface area contributed by atoms with Gasteiger partial charge in [-0.15, -0.1) is 0 Å². The minimum atomic E-state index is -0.772. The number of hydrogen-bond acceptors (Lipinski definition) is 1. The molecule has 0 saturated carbocycles. The van der Waals surface area contributed by atoms with Gasteiger partial charge in [-0.2, -0.15) is 0 Å². The summed E-state index contributed by atoms with van der Waals surface area (Å²) >= 11 is 0. The van der Waals surface area contributed by atoms with Gasteiger partial charge in [-0.05, 0) is 44.4 Å². The molecule has 1 nitrogen and oxygen atoms in total. The molecule has 16 heavy (non-hydrogen) atoms. The topological polar surface area (TPSA) is 12.0 Å². The SMILES string of the molecule is CC(F)Cc1ccccc1C1(C)CCCN1. The van der Waals surface area contributed by atoms with Gasteiger partial charge >= 0.3 is 0 Å². The molecule has 0 spiro atoms. The van der Waals surface area contributed by atoms with Gasteiger partial charge in [0.1, 0.15) is 6.17 Å². The van der Waals surface area contributed by atoms with E-state index < -0.39 is 6.17 Å². The molecule has 1 aromatic rings. The van der Waals surface area contributed by atoms with Crippen molar-refractivity contribution in [3.05, 3.63) is 35.4 Å². The average Bonchev–Trinajstić information content (AvgIpc) is 2.66. The first-order valence-corrected chi connectivity index (χ1v) is 6.09. The summed E-state index contributed by atoms with van der Waals surface area (Å²) in [5, 5.41) is 3.54. The summed E-state index contributed by atoms with van der Waals surface area (Å²) < 4.78 is 13.2. The highest BCUT2D eigenvalue weighted by atomic mass is 19.1. The Morgan fingerprint density at radius 3 is 2.81 bits per heavy atom. The van der Waals surface area contributed by atoms with E-state index in [0.29, 0.717) is 6.42 Å². The largest absolute Gasteiger partial charge is 0.308 e. The highest BCUT2D eigenvalue weighted by Gasteiger charge is 2.31. The summed E-state index contributed by atoms with van der Waals surface area (Å²) in [5.41, 5.74) is 2.47. The van der Waals surface area contributed by atoms with Crippen LogP contribution >= 0.6 is 0 Å². The average molecular weight is 221 g/mol. The zero-order valence-electron chi connectivity index (χ0n) is 10.1. The Morgan fingerprint density at radius 1 is 1.44 bits per heavy atom. The number of halogens is 1. The fraction of sp³-hybridized carbons (Fsp3) is 0.571. The van der Waals surface area contributed by atoms with Crippen LogP contribution in [-0.2, 0) is 12.0 Å². The van der Waals surface area contributed by atoms with Gasteiger partial charge in [-0.1, -0.05) is 24.3 Å². The highest BCUT2D eigenvalue weighted by molar-refractivity contribution is 5.34. The van der Waals surface area contributed by atoms with Crippen molar-refractivity contribution >= 4 is 0 Å². The molecule has 1 N–H and O–H groups in total. The second-order valence-corrected chi connectivity index (χ2v) is 5.00. The molecule has 1 heterocycles. The Labute approximate surface area is 97.1 Å². The van der Waals surface area contributed by atoms with E-state index in [0.717, 1.165) is 18.5 Å². The summed E-state index contributed by atoms with van der Waals surface area (Å²) in [6, 6.07) is 8.24. The van der Waals surface area contributed by atoms with E-state index in [4.69, 9.17) is 0 Å². The molecule has 0 radical (unpaired) electrons. The molecule has 1 aliphatic heterocycles. The van der Waals surface area contributed by atoms with Crippen molar-refractivity contribution in [2.45, 2.75) is 44.8 Å². The third-order valence-electron chi connectivity index (χ3n) is 3.48. The lowest BCUT2D eigenvalue weighted by atomic mass is 9.85. The molecule has 0 aliphatic carbocycles. The highest BCUT2D eigenvalue weighted by Crippen LogP contribution is 2.33. The third-order valence-corrected chi connectivity index (χ3v) is 3.48. The monoisotopic (exact) mass is 221 g/mol. The molecular formula is C14H20FN. The van der Waals surface area contributed by atoms with E-state index in [1.807, 2.05) is 12.1 Å². The first-order chi connectivity index (χ1) is 7.62. The number of rotatable bonds is 3. The van der Waals surface area contributed by atoms with Gasteiger partial charge in [0, 0.05) is 12.0 Å². The first kappa shape index (κ1) is 11.6. The predicted octanol–water partition coefficient (Wildman–Crippen LogP) is 3.19. The molecule has 1 fully saturated rings. The molecule has 0 bridgehead atoms. The number of nitrogens with one attached hydrogen (secondary N) is 1. The third kappa shape index (κ3) is 2.27. The van der Waals surface area contributed by atoms with Gasteiger partial charge in [0.05, 0.1) is 0 Å². The lowest BCUT2D eigenvalue weighted by Crippen LogP contribution is -2.34. The first-order valence-electron chi connectivity index (χ1n) is 6.09. The van der Waals surface area contributed by atoms with E-state index in [9.17, 15) is 4.39 Å². The van der Waals surface area contributed by atoms with Crippen molar-refractivity contribution in [2.75, 3.05) is 6.54 Å². The van der Waals surface area contributed by atoms with Crippen LogP contribution in [0, 0.1) is 0 Å². The molecule has 2 heteroatoms. The minimum absolute atomic E-state index is 0.0471. The molecule has 2 rings (SSSR count). The molecule has 1 saturated heterocycles. The molecular weight excluding hydrogens is 201 g/mol. The van der Waals surface area contributed by atoms with Crippen LogP contribution in [0.15, 0.2) is 24.3 Å². The van der Waals surface area contributed by atoms with Crippen LogP contribution in [0.3, 0.4) is 0 Å². The summed E-state index contributed by atoms with van der Waals surface area (Å²) in [4.78, 5) is 0. The molecule has 2 atom stereocenters. The minimum Gasteiger partial charge on any atom is -0.308 e. The summed E-state index contributed by atoms with van der Waals surface area (Å²) in [5.74, 6) is 0. The predicted molar refractivity (Wildman–Crippen MR) is 65.3 cm³/mol. The summed E-state index contributed by atoms with van der Waals surface area (Å²) in [6.07, 6.45) is 2.10. The normalized spacial score (nSPS) is 26.9. The zero-order valence-corrected chi connectivity index (χ0v) is 10.1. The van der Waals surface area contributed by atoms with Crippen LogP contribution in [0.4, 0.5) is 4.39 Å². The van der Waals surface area contributed by atoms with Crippen LogP contribution in [0.25, 0.3) is 0 Å². The summed E-state index contributed by atoms with van der Waals surface area (Å²) in [6.45, 7) is 4.92. The summed E-state index contributed by atoms with van der Waals surface area (Å²) in [7, 11) is 0. The smallest absolute Gasteiger partial charge is 0.101 e. The van der Waals surface area contributed by atoms with Gasteiger partial charge in [0.2, 0.25) is 0 Å². The molecule has 1 aromatic carbocycles. The Morgan fingerprint density at radius 2 is 2.19 bits per heavy atom. The molecule has 88 valence electrons. The van der Waals surface area contributed by atoms with Crippen molar-refractivity contribution in [1.29, 1.82) is 0 Å². The maximum Gasteiger partial charge on any atom is 0.101 e. The van der Waals surface area contributed by atoms with Crippen molar-refractivity contribution in [2.24, 2.45) is 0 Å². The Hall–Kier alpha value is -0.890. The Bertz CT molecular complexity index is 354. The molecule has 0 aromatic heterocycles. The number of benzene rings is 1. The van der Waals surface area contributed by atoms with Crippen LogP contribution in [0.2, 0.25) is 0 Å². The maximum absolute atomic E-state index is 13.2. The van der Waals surface area contributed by atoms with Crippen LogP contribution in [0.5, 0.6) is 0 Å². The van der Waals surface area contributed by atoms with Gasteiger partial charge < -0.3 is 5.32 Å². The Balaban J connectivity index is 2.32. The van der Waals surface area contributed by atoms with Crippen molar-refractivity contribution in [1.82, 2.24) is 5.32 Å². The standard InChI is InChI=1S/C14H20FN/c1-11(15)10-12-6-3-4-7-13(12)14(2)8-5-9-16-14/h3-4,6-7,11,16H,5,8-10H2,1-2H3. The van der Waals surface area contributed by atoms with Crippen LogP contribution < -0.4 is 5.32 Å². The molecule has 1 aliphatic rings. The van der Waals surface area contributed by atoms with Crippen LogP contribution in [-0.4, -0.2) is 12.7 Å². The van der Waals surface area contributed by atoms with Gasteiger partial charge in [0.25, 0.3) is 0 Å². The fourth-order valence-corrected chi connectivity index (χ4v) is 2.66. The van der Waals surface area contributed by atoms with Crippen LogP contribution in [0.1, 0.15) is 37.8 Å². The quantitative estimate of drug-likeness (QED) is 0.826. The maximum atomic E-state index is 13.2.